The first-order chi connectivity index (χ1) is 8.26. The minimum absolute atomic E-state index is 0.282. The van der Waals surface area contributed by atoms with Gasteiger partial charge in [0.05, 0.1) is 13.2 Å². The molecule has 1 rings (SSSR count). The van der Waals surface area contributed by atoms with Crippen LogP contribution in [0.2, 0.25) is 0 Å². The molecule has 102 valence electrons. The number of hydrogen-bond acceptors (Lipinski definition) is 2. The normalized spacial score (nSPS) is 17.1. The molecule has 0 aromatic rings. The van der Waals surface area contributed by atoms with E-state index in [2.05, 4.69) is 6.92 Å². The largest absolute Gasteiger partial charge is 0.384 e. The summed E-state index contributed by atoms with van der Waals surface area (Å²) >= 11 is 0. The van der Waals surface area contributed by atoms with Crippen LogP contribution in [0.4, 0.5) is 0 Å². The molecule has 0 aliphatic heterocycles. The van der Waals surface area contributed by atoms with Crippen LogP contribution >= 0.6 is 0 Å². The molecule has 2 heteroatoms. The van der Waals surface area contributed by atoms with Gasteiger partial charge in [-0.2, -0.15) is 0 Å². The van der Waals surface area contributed by atoms with Crippen LogP contribution in [-0.4, -0.2) is 27.4 Å². The summed E-state index contributed by atoms with van der Waals surface area (Å²) in [5.41, 5.74) is 0.282. The maximum absolute atomic E-state index is 5.48. The monoisotopic (exact) mass is 242 g/mol. The summed E-state index contributed by atoms with van der Waals surface area (Å²) in [6.07, 6.45) is 10.8. The van der Waals surface area contributed by atoms with Crippen LogP contribution in [0.1, 0.15) is 58.3 Å². The van der Waals surface area contributed by atoms with Crippen molar-refractivity contribution in [1.29, 1.82) is 0 Å². The topological polar surface area (TPSA) is 18.5 Å². The fourth-order valence-corrected chi connectivity index (χ4v) is 3.08. The zero-order valence-corrected chi connectivity index (χ0v) is 12.0. The van der Waals surface area contributed by atoms with Gasteiger partial charge in [-0.3, -0.25) is 0 Å². The third kappa shape index (κ3) is 4.97. The summed E-state index contributed by atoms with van der Waals surface area (Å²) in [5, 5.41) is 0. The van der Waals surface area contributed by atoms with Crippen LogP contribution in [0.25, 0.3) is 0 Å². The van der Waals surface area contributed by atoms with Gasteiger partial charge in [-0.1, -0.05) is 45.4 Å². The van der Waals surface area contributed by atoms with Gasteiger partial charge in [-0.05, 0) is 18.8 Å². The Hall–Kier alpha value is -0.0800. The average Bonchev–Trinajstić information content (AvgIpc) is 2.25. The Bertz CT molecular complexity index is 181. The molecule has 0 heterocycles. The van der Waals surface area contributed by atoms with Crippen molar-refractivity contribution in [2.75, 3.05) is 27.4 Å². The SMILES string of the molecule is CCCCCC(COC)(COC)CC1CCC1. The van der Waals surface area contributed by atoms with Crippen LogP contribution in [0.3, 0.4) is 0 Å². The van der Waals surface area contributed by atoms with E-state index in [9.17, 15) is 0 Å². The summed E-state index contributed by atoms with van der Waals surface area (Å²) in [4.78, 5) is 0. The highest BCUT2D eigenvalue weighted by Gasteiger charge is 2.34. The third-order valence-electron chi connectivity index (χ3n) is 4.16. The highest BCUT2D eigenvalue weighted by Crippen LogP contribution is 2.41. The van der Waals surface area contributed by atoms with E-state index in [1.54, 1.807) is 0 Å². The zero-order chi connectivity index (χ0) is 12.6. The molecular weight excluding hydrogens is 212 g/mol. The highest BCUT2D eigenvalue weighted by molar-refractivity contribution is 4.85. The van der Waals surface area contributed by atoms with Crippen molar-refractivity contribution in [3.05, 3.63) is 0 Å². The van der Waals surface area contributed by atoms with E-state index in [0.29, 0.717) is 0 Å². The molecule has 0 atom stereocenters. The standard InChI is InChI=1S/C15H30O2/c1-4-5-6-10-15(12-16-2,13-17-3)11-14-8-7-9-14/h14H,4-13H2,1-3H3. The third-order valence-corrected chi connectivity index (χ3v) is 4.16. The molecule has 0 amide bonds. The lowest BCUT2D eigenvalue weighted by Crippen LogP contribution is -2.35. The minimum atomic E-state index is 0.282. The predicted molar refractivity (Wildman–Crippen MR) is 72.3 cm³/mol. The Kier molecular flexibility index (Phi) is 7.14. The van der Waals surface area contributed by atoms with Gasteiger partial charge in [-0.15, -0.1) is 0 Å². The van der Waals surface area contributed by atoms with Crippen LogP contribution in [0.15, 0.2) is 0 Å². The second-order valence-corrected chi connectivity index (χ2v) is 5.82. The molecule has 1 aliphatic rings. The lowest BCUT2D eigenvalue weighted by atomic mass is 9.70. The quantitative estimate of drug-likeness (QED) is 0.538. The van der Waals surface area contributed by atoms with E-state index in [-0.39, 0.29) is 5.41 Å². The number of ether oxygens (including phenoxy) is 2. The van der Waals surface area contributed by atoms with Gasteiger partial charge in [0, 0.05) is 19.6 Å². The van der Waals surface area contributed by atoms with E-state index in [4.69, 9.17) is 9.47 Å². The molecule has 0 unspecified atom stereocenters. The summed E-state index contributed by atoms with van der Waals surface area (Å²) in [6, 6.07) is 0. The van der Waals surface area contributed by atoms with Crippen LogP contribution in [0, 0.1) is 11.3 Å². The van der Waals surface area contributed by atoms with Gasteiger partial charge in [0.1, 0.15) is 0 Å². The number of hydrogen-bond donors (Lipinski definition) is 0. The van der Waals surface area contributed by atoms with Crippen molar-refractivity contribution < 1.29 is 9.47 Å². The maximum Gasteiger partial charge on any atom is 0.0540 e. The molecule has 17 heavy (non-hydrogen) atoms. The highest BCUT2D eigenvalue weighted by atomic mass is 16.5. The van der Waals surface area contributed by atoms with Crippen molar-refractivity contribution >= 4 is 0 Å². The summed E-state index contributed by atoms with van der Waals surface area (Å²) in [5.74, 6) is 0.932. The van der Waals surface area contributed by atoms with E-state index in [1.165, 1.54) is 51.4 Å². The molecule has 0 saturated heterocycles. The van der Waals surface area contributed by atoms with Crippen molar-refractivity contribution in [1.82, 2.24) is 0 Å². The van der Waals surface area contributed by atoms with Crippen molar-refractivity contribution in [2.45, 2.75) is 58.3 Å². The van der Waals surface area contributed by atoms with E-state index in [0.717, 1.165) is 19.1 Å². The van der Waals surface area contributed by atoms with Gasteiger partial charge >= 0.3 is 0 Å². The second-order valence-electron chi connectivity index (χ2n) is 5.82. The van der Waals surface area contributed by atoms with E-state index in [1.807, 2.05) is 14.2 Å². The van der Waals surface area contributed by atoms with Crippen LogP contribution in [-0.2, 0) is 9.47 Å². The Labute approximate surface area is 107 Å². The number of rotatable bonds is 10. The fraction of sp³-hybridized carbons (Fsp3) is 1.00. The van der Waals surface area contributed by atoms with E-state index < -0.39 is 0 Å². The Balaban J connectivity index is 2.49. The lowest BCUT2D eigenvalue weighted by molar-refractivity contribution is -0.0207. The van der Waals surface area contributed by atoms with Crippen LogP contribution < -0.4 is 0 Å². The molecule has 2 nitrogen and oxygen atoms in total. The van der Waals surface area contributed by atoms with Gasteiger partial charge in [0.25, 0.3) is 0 Å². The van der Waals surface area contributed by atoms with E-state index >= 15 is 0 Å². The second kappa shape index (κ2) is 8.10. The Morgan fingerprint density at radius 1 is 1.06 bits per heavy atom. The van der Waals surface area contributed by atoms with Gasteiger partial charge in [0.15, 0.2) is 0 Å². The first kappa shape index (κ1) is 15.0. The van der Waals surface area contributed by atoms with Crippen molar-refractivity contribution in [3.8, 4) is 0 Å². The van der Waals surface area contributed by atoms with Gasteiger partial charge in [-0.25, -0.2) is 0 Å². The summed E-state index contributed by atoms with van der Waals surface area (Å²) in [6.45, 7) is 3.99. The first-order valence-corrected chi connectivity index (χ1v) is 7.24. The molecule has 1 saturated carbocycles. The smallest absolute Gasteiger partial charge is 0.0540 e. The maximum atomic E-state index is 5.48. The van der Waals surface area contributed by atoms with Gasteiger partial charge in [0.2, 0.25) is 0 Å². The molecule has 0 radical (unpaired) electrons. The zero-order valence-electron chi connectivity index (χ0n) is 12.0. The summed E-state index contributed by atoms with van der Waals surface area (Å²) in [7, 11) is 3.65. The Morgan fingerprint density at radius 2 is 1.71 bits per heavy atom. The van der Waals surface area contributed by atoms with Crippen LogP contribution in [0.5, 0.6) is 0 Å². The van der Waals surface area contributed by atoms with Crippen molar-refractivity contribution in [3.63, 3.8) is 0 Å². The van der Waals surface area contributed by atoms with Gasteiger partial charge < -0.3 is 9.47 Å². The molecule has 1 aliphatic carbocycles. The minimum Gasteiger partial charge on any atom is -0.384 e. The number of unbranched alkanes of at least 4 members (excludes halogenated alkanes) is 2. The molecule has 0 aromatic carbocycles. The van der Waals surface area contributed by atoms with Crippen molar-refractivity contribution in [2.24, 2.45) is 11.3 Å². The molecule has 0 bridgehead atoms. The molecule has 1 fully saturated rings. The number of methoxy groups -OCH3 is 2. The predicted octanol–water partition coefficient (Wildman–Crippen LogP) is 4.04. The molecule has 0 aromatic heterocycles. The lowest BCUT2D eigenvalue weighted by Gasteiger charge is -2.39. The molecule has 0 spiro atoms. The average molecular weight is 242 g/mol. The Morgan fingerprint density at radius 3 is 2.12 bits per heavy atom. The molecule has 0 N–H and O–H groups in total. The first-order valence-electron chi connectivity index (χ1n) is 7.24. The summed E-state index contributed by atoms with van der Waals surface area (Å²) < 4.78 is 11.0. The fourth-order valence-electron chi connectivity index (χ4n) is 3.08. The molecular formula is C15H30O2.